The highest BCUT2D eigenvalue weighted by Gasteiger charge is 2.28. The standard InChI is InChI=1S/C14H24N2O6/c1-5-22-12(18)7-11(14(20)21)16-13(19)10(6-8(2)3)15-9(4)17/h8,10-11H,5-7H2,1-4H3,(H,15,17)(H,16,19)(H,20,21)/t10-,11-/m0/s1. The average molecular weight is 316 g/mol. The summed E-state index contributed by atoms with van der Waals surface area (Å²) in [4.78, 5) is 45.8. The Bertz CT molecular complexity index is 422. The number of carboxylic acid groups (broad SMARTS) is 1. The highest BCUT2D eigenvalue weighted by Crippen LogP contribution is 2.06. The summed E-state index contributed by atoms with van der Waals surface area (Å²) in [5, 5.41) is 13.8. The SMILES string of the molecule is CCOC(=O)C[C@H](NC(=O)[C@H](CC(C)C)NC(C)=O)C(=O)O. The van der Waals surface area contributed by atoms with Crippen molar-refractivity contribution >= 4 is 23.8 Å². The number of carbonyl (C=O) groups is 4. The largest absolute Gasteiger partial charge is 0.480 e. The molecule has 22 heavy (non-hydrogen) atoms. The first kappa shape index (κ1) is 19.9. The molecule has 0 aliphatic heterocycles. The van der Waals surface area contributed by atoms with Crippen molar-refractivity contribution in [2.24, 2.45) is 5.92 Å². The number of aliphatic carboxylic acids is 1. The van der Waals surface area contributed by atoms with E-state index in [2.05, 4.69) is 15.4 Å². The molecule has 2 amide bonds. The van der Waals surface area contributed by atoms with Crippen molar-refractivity contribution in [3.05, 3.63) is 0 Å². The number of rotatable bonds is 9. The van der Waals surface area contributed by atoms with E-state index in [0.29, 0.717) is 6.42 Å². The van der Waals surface area contributed by atoms with E-state index in [1.165, 1.54) is 6.92 Å². The summed E-state index contributed by atoms with van der Waals surface area (Å²) in [7, 11) is 0. The Morgan fingerprint density at radius 1 is 1.09 bits per heavy atom. The molecule has 0 spiro atoms. The summed E-state index contributed by atoms with van der Waals surface area (Å²) >= 11 is 0. The van der Waals surface area contributed by atoms with E-state index in [-0.39, 0.29) is 12.5 Å². The Morgan fingerprint density at radius 2 is 1.68 bits per heavy atom. The van der Waals surface area contributed by atoms with Crippen LogP contribution in [-0.4, -0.2) is 47.6 Å². The third-order valence-corrected chi connectivity index (χ3v) is 2.69. The highest BCUT2D eigenvalue weighted by molar-refractivity contribution is 5.91. The van der Waals surface area contributed by atoms with Gasteiger partial charge in [0.1, 0.15) is 12.1 Å². The number of ether oxygens (including phenoxy) is 1. The first-order valence-corrected chi connectivity index (χ1v) is 7.13. The molecule has 0 aromatic carbocycles. The van der Waals surface area contributed by atoms with E-state index in [1.54, 1.807) is 6.92 Å². The Labute approximate surface area is 129 Å². The predicted molar refractivity (Wildman–Crippen MR) is 77.9 cm³/mol. The number of amides is 2. The lowest BCUT2D eigenvalue weighted by Gasteiger charge is -2.21. The summed E-state index contributed by atoms with van der Waals surface area (Å²) in [6.07, 6.45) is -0.111. The summed E-state index contributed by atoms with van der Waals surface area (Å²) < 4.78 is 4.67. The minimum Gasteiger partial charge on any atom is -0.480 e. The molecule has 0 unspecified atom stereocenters. The number of hydrogen-bond acceptors (Lipinski definition) is 5. The molecule has 0 saturated heterocycles. The number of carboxylic acids is 1. The molecule has 0 fully saturated rings. The molecule has 3 N–H and O–H groups in total. The third kappa shape index (κ3) is 8.23. The van der Waals surface area contributed by atoms with Crippen LogP contribution in [0.15, 0.2) is 0 Å². The zero-order valence-corrected chi connectivity index (χ0v) is 13.3. The fourth-order valence-electron chi connectivity index (χ4n) is 1.81. The molecular formula is C14H24N2O6. The van der Waals surface area contributed by atoms with Crippen molar-refractivity contribution in [1.29, 1.82) is 0 Å². The van der Waals surface area contributed by atoms with Crippen molar-refractivity contribution in [3.63, 3.8) is 0 Å². The van der Waals surface area contributed by atoms with Crippen molar-refractivity contribution in [3.8, 4) is 0 Å². The van der Waals surface area contributed by atoms with E-state index in [0.717, 1.165) is 0 Å². The zero-order chi connectivity index (χ0) is 17.3. The average Bonchev–Trinajstić information content (AvgIpc) is 2.36. The number of nitrogens with one attached hydrogen (secondary N) is 2. The van der Waals surface area contributed by atoms with Crippen LogP contribution in [0.2, 0.25) is 0 Å². The fraction of sp³-hybridized carbons (Fsp3) is 0.714. The lowest BCUT2D eigenvalue weighted by atomic mass is 10.0. The second-order valence-corrected chi connectivity index (χ2v) is 5.29. The molecule has 0 saturated carbocycles. The summed E-state index contributed by atoms with van der Waals surface area (Å²) in [6.45, 7) is 6.74. The summed E-state index contributed by atoms with van der Waals surface area (Å²) in [6, 6.07) is -2.24. The topological polar surface area (TPSA) is 122 Å². The van der Waals surface area contributed by atoms with Crippen LogP contribution in [0.25, 0.3) is 0 Å². The smallest absolute Gasteiger partial charge is 0.326 e. The number of hydrogen-bond donors (Lipinski definition) is 3. The molecule has 0 heterocycles. The molecule has 0 aromatic rings. The third-order valence-electron chi connectivity index (χ3n) is 2.69. The maximum absolute atomic E-state index is 12.1. The van der Waals surface area contributed by atoms with Gasteiger partial charge in [0.25, 0.3) is 0 Å². The molecule has 0 bridgehead atoms. The zero-order valence-electron chi connectivity index (χ0n) is 13.3. The van der Waals surface area contributed by atoms with Crippen LogP contribution in [0.4, 0.5) is 0 Å². The van der Waals surface area contributed by atoms with E-state index < -0.39 is 42.3 Å². The highest BCUT2D eigenvalue weighted by atomic mass is 16.5. The van der Waals surface area contributed by atoms with Gasteiger partial charge in [-0.2, -0.15) is 0 Å². The molecule has 126 valence electrons. The molecule has 8 heteroatoms. The van der Waals surface area contributed by atoms with E-state index >= 15 is 0 Å². The second kappa shape index (κ2) is 9.75. The van der Waals surface area contributed by atoms with Gasteiger partial charge in [0.15, 0.2) is 0 Å². The van der Waals surface area contributed by atoms with Crippen molar-refractivity contribution in [2.45, 2.75) is 52.6 Å². The predicted octanol–water partition coefficient (Wildman–Crippen LogP) is 0.0598. The molecule has 8 nitrogen and oxygen atoms in total. The number of carbonyl (C=O) groups excluding carboxylic acids is 3. The van der Waals surface area contributed by atoms with Gasteiger partial charge in [-0.05, 0) is 19.3 Å². The lowest BCUT2D eigenvalue weighted by molar-refractivity contribution is -0.150. The molecule has 0 aromatic heterocycles. The van der Waals surface area contributed by atoms with Gasteiger partial charge in [0.2, 0.25) is 11.8 Å². The Hall–Kier alpha value is -2.12. The van der Waals surface area contributed by atoms with Crippen LogP contribution >= 0.6 is 0 Å². The van der Waals surface area contributed by atoms with Gasteiger partial charge in [-0.3, -0.25) is 14.4 Å². The minimum absolute atomic E-state index is 0.121. The lowest BCUT2D eigenvalue weighted by Crippen LogP contribution is -2.52. The van der Waals surface area contributed by atoms with Gasteiger partial charge in [-0.15, -0.1) is 0 Å². The van der Waals surface area contributed by atoms with Crippen molar-refractivity contribution in [2.75, 3.05) is 6.61 Å². The van der Waals surface area contributed by atoms with Crippen molar-refractivity contribution in [1.82, 2.24) is 10.6 Å². The van der Waals surface area contributed by atoms with E-state index in [1.807, 2.05) is 13.8 Å². The monoisotopic (exact) mass is 316 g/mol. The normalized spacial score (nSPS) is 13.1. The van der Waals surface area contributed by atoms with Crippen LogP contribution in [0.3, 0.4) is 0 Å². The quantitative estimate of drug-likeness (QED) is 0.517. The molecular weight excluding hydrogens is 292 g/mol. The van der Waals surface area contributed by atoms with Gasteiger partial charge < -0.3 is 20.5 Å². The second-order valence-electron chi connectivity index (χ2n) is 5.29. The summed E-state index contributed by atoms with van der Waals surface area (Å²) in [5.74, 6) is -2.96. The maximum Gasteiger partial charge on any atom is 0.326 e. The van der Waals surface area contributed by atoms with Crippen LogP contribution in [0.1, 0.15) is 40.5 Å². The summed E-state index contributed by atoms with van der Waals surface area (Å²) in [5.41, 5.74) is 0. The van der Waals surface area contributed by atoms with Crippen LogP contribution in [0, 0.1) is 5.92 Å². The van der Waals surface area contributed by atoms with Crippen LogP contribution in [-0.2, 0) is 23.9 Å². The van der Waals surface area contributed by atoms with Gasteiger partial charge in [0.05, 0.1) is 13.0 Å². The molecule has 0 aliphatic rings. The van der Waals surface area contributed by atoms with E-state index in [9.17, 15) is 19.2 Å². The Kier molecular flexibility index (Phi) is 8.81. The fourth-order valence-corrected chi connectivity index (χ4v) is 1.81. The van der Waals surface area contributed by atoms with Crippen LogP contribution < -0.4 is 10.6 Å². The first-order valence-electron chi connectivity index (χ1n) is 7.13. The minimum atomic E-state index is -1.39. The van der Waals surface area contributed by atoms with E-state index in [4.69, 9.17) is 5.11 Å². The maximum atomic E-state index is 12.1. The van der Waals surface area contributed by atoms with Crippen molar-refractivity contribution < 1.29 is 29.0 Å². The Balaban J connectivity index is 4.84. The van der Waals surface area contributed by atoms with Gasteiger partial charge >= 0.3 is 11.9 Å². The molecule has 0 radical (unpaired) electrons. The van der Waals surface area contributed by atoms with Gasteiger partial charge in [0, 0.05) is 6.92 Å². The first-order chi connectivity index (χ1) is 10.2. The molecule has 2 atom stereocenters. The van der Waals surface area contributed by atoms with Crippen LogP contribution in [0.5, 0.6) is 0 Å². The molecule has 0 rings (SSSR count). The number of esters is 1. The van der Waals surface area contributed by atoms with Gasteiger partial charge in [-0.1, -0.05) is 13.8 Å². The molecule has 0 aliphatic carbocycles. The Morgan fingerprint density at radius 3 is 2.09 bits per heavy atom. The van der Waals surface area contributed by atoms with Gasteiger partial charge in [-0.25, -0.2) is 4.79 Å².